The Morgan fingerprint density at radius 3 is 2.33 bits per heavy atom. The Morgan fingerprint density at radius 1 is 1.11 bits per heavy atom. The molecule has 0 aliphatic rings. The molecule has 146 valence electrons. The Hall–Kier alpha value is -2.74. The van der Waals surface area contributed by atoms with Crippen molar-refractivity contribution in [1.29, 1.82) is 0 Å². The number of ether oxygens (including phenoxy) is 2. The van der Waals surface area contributed by atoms with E-state index < -0.39 is 11.7 Å². The zero-order valence-corrected chi connectivity index (χ0v) is 14.9. The highest BCUT2D eigenvalue weighted by Gasteiger charge is 2.30. The number of halogens is 3. The summed E-state index contributed by atoms with van der Waals surface area (Å²) >= 11 is 0. The summed E-state index contributed by atoms with van der Waals surface area (Å²) in [5.41, 5.74) is 0.170. The van der Waals surface area contributed by atoms with Crippen LogP contribution in [0.4, 0.5) is 13.2 Å². The lowest BCUT2D eigenvalue weighted by atomic mass is 10.1. The molecule has 0 bridgehead atoms. The lowest BCUT2D eigenvalue weighted by Gasteiger charge is -2.19. The minimum Gasteiger partial charge on any atom is -0.493 e. The van der Waals surface area contributed by atoms with Gasteiger partial charge >= 0.3 is 6.18 Å². The first-order valence-electron chi connectivity index (χ1n) is 8.09. The SMILES string of the molecule is COc1ccc(C(=O)N(C)Cc2ccc(C(F)(F)F)cc2)cc1OCCO. The molecule has 2 aromatic carbocycles. The maximum atomic E-state index is 12.6. The average Bonchev–Trinajstić information content (AvgIpc) is 2.65. The molecule has 8 heteroatoms. The topological polar surface area (TPSA) is 59.0 Å². The fraction of sp³-hybridized carbons (Fsp3) is 0.316. The Bertz CT molecular complexity index is 776. The molecular weight excluding hydrogens is 363 g/mol. The predicted molar refractivity (Wildman–Crippen MR) is 92.8 cm³/mol. The van der Waals surface area contributed by atoms with Crippen LogP contribution in [0.5, 0.6) is 11.5 Å². The molecule has 2 aromatic rings. The Labute approximate surface area is 154 Å². The summed E-state index contributed by atoms with van der Waals surface area (Å²) in [6.45, 7) is 0.0143. The number of methoxy groups -OCH3 is 1. The van der Waals surface area contributed by atoms with E-state index in [2.05, 4.69) is 0 Å². The maximum absolute atomic E-state index is 12.6. The van der Waals surface area contributed by atoms with Crippen LogP contribution in [0.25, 0.3) is 0 Å². The molecule has 5 nitrogen and oxygen atoms in total. The highest BCUT2D eigenvalue weighted by Crippen LogP contribution is 2.30. The van der Waals surface area contributed by atoms with Crippen molar-refractivity contribution in [1.82, 2.24) is 4.90 Å². The molecule has 0 atom stereocenters. The van der Waals surface area contributed by atoms with Crippen LogP contribution in [0.3, 0.4) is 0 Å². The van der Waals surface area contributed by atoms with E-state index in [1.54, 1.807) is 19.2 Å². The molecule has 0 spiro atoms. The largest absolute Gasteiger partial charge is 0.493 e. The molecule has 0 aliphatic carbocycles. The van der Waals surface area contributed by atoms with Gasteiger partial charge in [0, 0.05) is 19.2 Å². The molecule has 0 aromatic heterocycles. The molecule has 0 unspecified atom stereocenters. The van der Waals surface area contributed by atoms with E-state index in [0.717, 1.165) is 12.1 Å². The number of amides is 1. The van der Waals surface area contributed by atoms with Gasteiger partial charge in [0.2, 0.25) is 0 Å². The minimum absolute atomic E-state index is 0.0510. The molecule has 0 saturated carbocycles. The highest BCUT2D eigenvalue weighted by atomic mass is 19.4. The maximum Gasteiger partial charge on any atom is 0.416 e. The summed E-state index contributed by atoms with van der Waals surface area (Å²) in [6, 6.07) is 9.30. The van der Waals surface area contributed by atoms with Crippen molar-refractivity contribution in [3.8, 4) is 11.5 Å². The Kier molecular flexibility index (Phi) is 6.68. The predicted octanol–water partition coefficient (Wildman–Crippen LogP) is 3.36. The van der Waals surface area contributed by atoms with Gasteiger partial charge in [-0.3, -0.25) is 4.79 Å². The number of carbonyl (C=O) groups is 1. The van der Waals surface area contributed by atoms with Gasteiger partial charge in [0.15, 0.2) is 11.5 Å². The number of hydrogen-bond donors (Lipinski definition) is 1. The quantitative estimate of drug-likeness (QED) is 0.797. The van der Waals surface area contributed by atoms with Crippen LogP contribution in [-0.2, 0) is 12.7 Å². The van der Waals surface area contributed by atoms with Gasteiger partial charge in [0.1, 0.15) is 6.61 Å². The number of hydrogen-bond acceptors (Lipinski definition) is 4. The molecule has 27 heavy (non-hydrogen) atoms. The third-order valence-corrected chi connectivity index (χ3v) is 3.81. The Balaban J connectivity index is 2.12. The first-order chi connectivity index (χ1) is 12.8. The van der Waals surface area contributed by atoms with Gasteiger partial charge in [-0.15, -0.1) is 0 Å². The molecule has 0 radical (unpaired) electrons. The first-order valence-corrected chi connectivity index (χ1v) is 8.09. The van der Waals surface area contributed by atoms with Gasteiger partial charge in [0.25, 0.3) is 5.91 Å². The number of rotatable bonds is 7. The third-order valence-electron chi connectivity index (χ3n) is 3.81. The second kappa shape index (κ2) is 8.77. The third kappa shape index (κ3) is 5.37. The van der Waals surface area contributed by atoms with Crippen molar-refractivity contribution in [3.63, 3.8) is 0 Å². The first kappa shape index (κ1) is 20.6. The summed E-state index contributed by atoms with van der Waals surface area (Å²) in [4.78, 5) is 14.0. The monoisotopic (exact) mass is 383 g/mol. The van der Waals surface area contributed by atoms with E-state index >= 15 is 0 Å². The van der Waals surface area contributed by atoms with E-state index in [4.69, 9.17) is 14.6 Å². The highest BCUT2D eigenvalue weighted by molar-refractivity contribution is 5.94. The standard InChI is InChI=1S/C19H20F3NO4/c1-23(12-13-3-6-15(7-4-13)19(20,21)22)18(25)14-5-8-16(26-2)17(11-14)27-10-9-24/h3-8,11,24H,9-10,12H2,1-2H3. The number of aliphatic hydroxyl groups is 1. The summed E-state index contributed by atoms with van der Waals surface area (Å²) in [5, 5.41) is 8.88. The number of benzene rings is 2. The molecular formula is C19H20F3NO4. The summed E-state index contributed by atoms with van der Waals surface area (Å²) < 4.78 is 48.4. The van der Waals surface area contributed by atoms with Gasteiger partial charge in [-0.05, 0) is 35.9 Å². The summed E-state index contributed by atoms with van der Waals surface area (Å²) in [7, 11) is 3.01. The number of carbonyl (C=O) groups excluding carboxylic acids is 1. The van der Waals surface area contributed by atoms with Crippen LogP contribution in [0.1, 0.15) is 21.5 Å². The fourth-order valence-corrected chi connectivity index (χ4v) is 2.44. The molecule has 1 amide bonds. The molecule has 0 fully saturated rings. The van der Waals surface area contributed by atoms with E-state index in [0.29, 0.717) is 22.6 Å². The van der Waals surface area contributed by atoms with Crippen LogP contribution in [0, 0.1) is 0 Å². The lowest BCUT2D eigenvalue weighted by Crippen LogP contribution is -2.26. The van der Waals surface area contributed by atoms with Gasteiger partial charge in [-0.25, -0.2) is 0 Å². The van der Waals surface area contributed by atoms with Crippen LogP contribution in [-0.4, -0.2) is 43.3 Å². The van der Waals surface area contributed by atoms with E-state index in [9.17, 15) is 18.0 Å². The lowest BCUT2D eigenvalue weighted by molar-refractivity contribution is -0.137. The van der Waals surface area contributed by atoms with Gasteiger partial charge in [-0.1, -0.05) is 12.1 Å². The zero-order chi connectivity index (χ0) is 20.0. The van der Waals surface area contributed by atoms with Gasteiger partial charge in [0.05, 0.1) is 19.3 Å². The number of alkyl halides is 3. The molecule has 2 rings (SSSR count). The summed E-state index contributed by atoms with van der Waals surface area (Å²) in [5.74, 6) is 0.414. The van der Waals surface area contributed by atoms with Crippen LogP contribution < -0.4 is 9.47 Å². The van der Waals surface area contributed by atoms with Crippen molar-refractivity contribution in [2.45, 2.75) is 12.7 Å². The van der Waals surface area contributed by atoms with Crippen molar-refractivity contribution in [2.75, 3.05) is 27.4 Å². The van der Waals surface area contributed by atoms with Crippen molar-refractivity contribution in [2.24, 2.45) is 0 Å². The van der Waals surface area contributed by atoms with Gasteiger partial charge < -0.3 is 19.5 Å². The minimum atomic E-state index is -4.39. The van der Waals surface area contributed by atoms with Crippen molar-refractivity contribution in [3.05, 3.63) is 59.2 Å². The normalized spacial score (nSPS) is 11.2. The van der Waals surface area contributed by atoms with Gasteiger partial charge in [-0.2, -0.15) is 13.2 Å². The van der Waals surface area contributed by atoms with E-state index in [-0.39, 0.29) is 25.7 Å². The molecule has 0 saturated heterocycles. The van der Waals surface area contributed by atoms with Crippen molar-refractivity contribution < 1.29 is 32.5 Å². The van der Waals surface area contributed by atoms with Crippen LogP contribution in [0.15, 0.2) is 42.5 Å². The molecule has 1 N–H and O–H groups in total. The summed E-state index contributed by atoms with van der Waals surface area (Å²) in [6.07, 6.45) is -4.39. The van der Waals surface area contributed by atoms with Crippen molar-refractivity contribution >= 4 is 5.91 Å². The smallest absolute Gasteiger partial charge is 0.416 e. The second-order valence-corrected chi connectivity index (χ2v) is 5.79. The van der Waals surface area contributed by atoms with E-state index in [1.165, 1.54) is 30.2 Å². The molecule has 0 aliphatic heterocycles. The fourth-order valence-electron chi connectivity index (χ4n) is 2.44. The Morgan fingerprint density at radius 2 is 1.78 bits per heavy atom. The van der Waals surface area contributed by atoms with Crippen LogP contribution >= 0.6 is 0 Å². The second-order valence-electron chi connectivity index (χ2n) is 5.79. The number of aliphatic hydroxyl groups excluding tert-OH is 1. The van der Waals surface area contributed by atoms with Crippen LogP contribution in [0.2, 0.25) is 0 Å². The molecule has 0 heterocycles. The average molecular weight is 383 g/mol. The van der Waals surface area contributed by atoms with E-state index in [1.807, 2.05) is 0 Å². The number of nitrogens with zero attached hydrogens (tertiary/aromatic N) is 1. The zero-order valence-electron chi connectivity index (χ0n) is 14.9.